The normalized spacial score (nSPS) is 17.6. The third kappa shape index (κ3) is 5.48. The number of hydrogen-bond donors (Lipinski definition) is 2. The third-order valence-electron chi connectivity index (χ3n) is 3.93. The number of anilines is 1. The van der Waals surface area contributed by atoms with Gasteiger partial charge in [0, 0.05) is 25.7 Å². The molecule has 3 N–H and O–H groups in total. The molecule has 1 atom stereocenters. The lowest BCUT2D eigenvalue weighted by Gasteiger charge is -2.32. The van der Waals surface area contributed by atoms with Gasteiger partial charge in [-0.2, -0.15) is 0 Å². The van der Waals surface area contributed by atoms with Crippen molar-refractivity contribution >= 4 is 29.2 Å². The lowest BCUT2D eigenvalue weighted by molar-refractivity contribution is -0.146. The average molecular weight is 386 g/mol. The zero-order valence-corrected chi connectivity index (χ0v) is 15.7. The molecule has 1 amide bonds. The van der Waals surface area contributed by atoms with E-state index in [1.54, 1.807) is 6.92 Å². The van der Waals surface area contributed by atoms with Gasteiger partial charge in [0.2, 0.25) is 0 Å². The van der Waals surface area contributed by atoms with E-state index in [1.807, 2.05) is 4.90 Å². The first-order valence-electron chi connectivity index (χ1n) is 8.35. The van der Waals surface area contributed by atoms with E-state index in [4.69, 9.17) is 31.5 Å². The number of nitrogens with one attached hydrogen (secondary N) is 1. The summed E-state index contributed by atoms with van der Waals surface area (Å²) in [5.41, 5.74) is 6.36. The number of nitrogen functional groups attached to an aromatic ring is 1. The van der Waals surface area contributed by atoms with Gasteiger partial charge in [-0.3, -0.25) is 14.5 Å². The van der Waals surface area contributed by atoms with E-state index in [9.17, 15) is 9.59 Å². The molecule has 1 aliphatic rings. The highest BCUT2D eigenvalue weighted by Crippen LogP contribution is 2.28. The minimum absolute atomic E-state index is 0.211. The van der Waals surface area contributed by atoms with E-state index in [0.29, 0.717) is 49.8 Å². The van der Waals surface area contributed by atoms with Gasteiger partial charge in [-0.25, -0.2) is 0 Å². The van der Waals surface area contributed by atoms with Gasteiger partial charge < -0.3 is 25.3 Å². The number of nitrogens with two attached hydrogens (primary N) is 1. The van der Waals surface area contributed by atoms with Gasteiger partial charge in [-0.15, -0.1) is 0 Å². The van der Waals surface area contributed by atoms with E-state index in [1.165, 1.54) is 19.2 Å². The molecule has 1 aliphatic heterocycles. The number of nitrogens with zero attached hydrogens (tertiary/aromatic N) is 1. The van der Waals surface area contributed by atoms with Crippen LogP contribution in [0.1, 0.15) is 17.3 Å². The topological polar surface area (TPSA) is 103 Å². The molecule has 1 fully saturated rings. The first-order valence-corrected chi connectivity index (χ1v) is 8.73. The molecule has 0 radical (unpaired) electrons. The number of ether oxygens (including phenoxy) is 3. The molecule has 2 rings (SSSR count). The van der Waals surface area contributed by atoms with Crippen LogP contribution in [0, 0.1) is 0 Å². The van der Waals surface area contributed by atoms with Crippen molar-refractivity contribution in [3.05, 3.63) is 22.7 Å². The van der Waals surface area contributed by atoms with Gasteiger partial charge in [-0.1, -0.05) is 11.6 Å². The summed E-state index contributed by atoms with van der Waals surface area (Å²) in [4.78, 5) is 26.0. The number of methoxy groups -OCH3 is 1. The number of amides is 1. The molecule has 0 spiro atoms. The molecule has 0 aliphatic carbocycles. The van der Waals surface area contributed by atoms with Crippen molar-refractivity contribution in [2.45, 2.75) is 13.0 Å². The van der Waals surface area contributed by atoms with Crippen molar-refractivity contribution in [1.82, 2.24) is 10.2 Å². The Morgan fingerprint density at radius 3 is 2.92 bits per heavy atom. The molecule has 0 bridgehead atoms. The lowest BCUT2D eigenvalue weighted by atomic mass is 10.1. The summed E-state index contributed by atoms with van der Waals surface area (Å²) in [6, 6.07) is 2.98. The van der Waals surface area contributed by atoms with E-state index >= 15 is 0 Å². The van der Waals surface area contributed by atoms with E-state index in [2.05, 4.69) is 5.32 Å². The van der Waals surface area contributed by atoms with Crippen molar-refractivity contribution in [3.63, 3.8) is 0 Å². The van der Waals surface area contributed by atoms with Crippen LogP contribution in [0.4, 0.5) is 5.69 Å². The Labute approximate surface area is 157 Å². The van der Waals surface area contributed by atoms with Gasteiger partial charge in [0.25, 0.3) is 5.91 Å². The number of rotatable bonds is 7. The van der Waals surface area contributed by atoms with Crippen LogP contribution in [-0.4, -0.2) is 69.4 Å². The summed E-state index contributed by atoms with van der Waals surface area (Å²) in [5.74, 6) is -0.258. The maximum Gasteiger partial charge on any atom is 0.320 e. The van der Waals surface area contributed by atoms with Crippen molar-refractivity contribution in [2.24, 2.45) is 0 Å². The predicted octanol–water partition coefficient (Wildman–Crippen LogP) is 0.925. The van der Waals surface area contributed by atoms with Gasteiger partial charge in [-0.05, 0) is 13.0 Å². The van der Waals surface area contributed by atoms with Crippen molar-refractivity contribution in [2.75, 3.05) is 52.2 Å². The van der Waals surface area contributed by atoms with Gasteiger partial charge in [0.15, 0.2) is 0 Å². The molecule has 1 aromatic carbocycles. The number of carbonyl (C=O) groups is 2. The van der Waals surface area contributed by atoms with Crippen molar-refractivity contribution in [3.8, 4) is 5.75 Å². The van der Waals surface area contributed by atoms with Crippen LogP contribution < -0.4 is 15.8 Å². The molecule has 1 heterocycles. The maximum atomic E-state index is 12.4. The largest absolute Gasteiger partial charge is 0.496 e. The summed E-state index contributed by atoms with van der Waals surface area (Å²) in [7, 11) is 1.46. The Kier molecular flexibility index (Phi) is 7.50. The second kappa shape index (κ2) is 9.61. The van der Waals surface area contributed by atoms with E-state index in [-0.39, 0.29) is 29.5 Å². The Morgan fingerprint density at radius 2 is 2.23 bits per heavy atom. The first kappa shape index (κ1) is 20.3. The standard InChI is InChI=1S/C17H24ClN3O5/c1-3-25-16(22)10-21-4-5-26-11(9-21)8-20-17(23)12-6-13(18)14(19)7-15(12)24-2/h6-7,11H,3-5,8-10,19H2,1-2H3,(H,20,23). The van der Waals surface area contributed by atoms with Crippen LogP contribution in [0.5, 0.6) is 5.75 Å². The van der Waals surface area contributed by atoms with E-state index < -0.39 is 0 Å². The highest BCUT2D eigenvalue weighted by atomic mass is 35.5. The Balaban J connectivity index is 1.91. The second-order valence-electron chi connectivity index (χ2n) is 5.82. The fourth-order valence-corrected chi connectivity index (χ4v) is 2.82. The Bertz CT molecular complexity index is 656. The van der Waals surface area contributed by atoms with Gasteiger partial charge in [0.1, 0.15) is 5.75 Å². The summed E-state index contributed by atoms with van der Waals surface area (Å²) in [6.07, 6.45) is -0.225. The number of halogens is 1. The SMILES string of the molecule is CCOC(=O)CN1CCOC(CNC(=O)c2cc(Cl)c(N)cc2OC)C1. The molecule has 0 aromatic heterocycles. The molecular formula is C17H24ClN3O5. The number of esters is 1. The van der Waals surface area contributed by atoms with Crippen LogP contribution >= 0.6 is 11.6 Å². The summed E-state index contributed by atoms with van der Waals surface area (Å²) < 4.78 is 15.8. The molecule has 1 saturated heterocycles. The molecule has 1 unspecified atom stereocenters. The van der Waals surface area contributed by atoms with Gasteiger partial charge in [0.05, 0.1) is 49.2 Å². The zero-order valence-electron chi connectivity index (χ0n) is 14.9. The fraction of sp³-hybridized carbons (Fsp3) is 0.529. The minimum atomic E-state index is -0.338. The third-order valence-corrected chi connectivity index (χ3v) is 4.26. The highest BCUT2D eigenvalue weighted by molar-refractivity contribution is 6.33. The van der Waals surface area contributed by atoms with Crippen molar-refractivity contribution in [1.29, 1.82) is 0 Å². The number of carbonyl (C=O) groups excluding carboxylic acids is 2. The average Bonchev–Trinajstić information content (AvgIpc) is 2.62. The second-order valence-corrected chi connectivity index (χ2v) is 6.22. The summed E-state index contributed by atoms with van der Waals surface area (Å²) in [5, 5.41) is 3.09. The zero-order chi connectivity index (χ0) is 19.1. The molecule has 26 heavy (non-hydrogen) atoms. The number of hydrogen-bond acceptors (Lipinski definition) is 7. The van der Waals surface area contributed by atoms with E-state index in [0.717, 1.165) is 0 Å². The van der Waals surface area contributed by atoms with Crippen LogP contribution in [0.25, 0.3) is 0 Å². The van der Waals surface area contributed by atoms with Crippen LogP contribution in [0.2, 0.25) is 5.02 Å². The molecular weight excluding hydrogens is 362 g/mol. The Hall–Kier alpha value is -2.03. The quantitative estimate of drug-likeness (QED) is 0.531. The van der Waals surface area contributed by atoms with Crippen LogP contribution in [0.15, 0.2) is 12.1 Å². The summed E-state index contributed by atoms with van der Waals surface area (Å²) >= 11 is 5.99. The summed E-state index contributed by atoms with van der Waals surface area (Å²) in [6.45, 7) is 4.29. The smallest absolute Gasteiger partial charge is 0.320 e. The molecule has 144 valence electrons. The monoisotopic (exact) mass is 385 g/mol. The first-order chi connectivity index (χ1) is 12.4. The number of benzene rings is 1. The number of morpholine rings is 1. The maximum absolute atomic E-state index is 12.4. The fourth-order valence-electron chi connectivity index (χ4n) is 2.65. The van der Waals surface area contributed by atoms with Gasteiger partial charge >= 0.3 is 5.97 Å². The highest BCUT2D eigenvalue weighted by Gasteiger charge is 2.24. The van der Waals surface area contributed by atoms with Crippen LogP contribution in [0.3, 0.4) is 0 Å². The molecule has 9 heteroatoms. The molecule has 0 saturated carbocycles. The van der Waals surface area contributed by atoms with Crippen LogP contribution in [-0.2, 0) is 14.3 Å². The predicted molar refractivity (Wildman–Crippen MR) is 97.6 cm³/mol. The lowest BCUT2D eigenvalue weighted by Crippen LogP contribution is -2.49. The molecule has 1 aromatic rings. The van der Waals surface area contributed by atoms with Crippen molar-refractivity contribution < 1.29 is 23.8 Å². The Morgan fingerprint density at radius 1 is 1.46 bits per heavy atom. The minimum Gasteiger partial charge on any atom is -0.496 e. The molecule has 8 nitrogen and oxygen atoms in total.